The summed E-state index contributed by atoms with van der Waals surface area (Å²) in [6, 6.07) is 18.6. The van der Waals surface area contributed by atoms with E-state index in [-0.39, 0.29) is 5.91 Å². The fourth-order valence-corrected chi connectivity index (χ4v) is 4.94. The number of rotatable bonds is 2. The highest BCUT2D eigenvalue weighted by Gasteiger charge is 2.29. The Morgan fingerprint density at radius 2 is 1.66 bits per heavy atom. The number of carbonyl (C=O) groups excluding carboxylic acids is 1. The zero-order valence-electron chi connectivity index (χ0n) is 15.8. The normalized spacial score (nSPS) is 13.2. The van der Waals surface area contributed by atoms with Crippen molar-refractivity contribution in [2.24, 2.45) is 12.0 Å². The standard InChI is InChI=1S/C24H16N4O/c1-27-17-9-4-2-7-14(17)20-21-16(13-26-24(21)29)19-15-8-3-5-10-18(15)28(12-6-11-25)23(19)22(20)27/h2-5,7-10,13H,6,12H2,1H3. The van der Waals surface area contributed by atoms with E-state index in [2.05, 4.69) is 44.5 Å². The molecule has 1 amide bonds. The number of hydrogen-bond acceptors (Lipinski definition) is 2. The van der Waals surface area contributed by atoms with Crippen LogP contribution in [0, 0.1) is 11.3 Å². The molecule has 3 heterocycles. The molecule has 0 unspecified atom stereocenters. The number of nitriles is 1. The summed E-state index contributed by atoms with van der Waals surface area (Å²) in [4.78, 5) is 17.0. The topological polar surface area (TPSA) is 63.1 Å². The van der Waals surface area contributed by atoms with Gasteiger partial charge < -0.3 is 9.13 Å². The van der Waals surface area contributed by atoms with Crippen molar-refractivity contribution in [2.75, 3.05) is 0 Å². The maximum absolute atomic E-state index is 12.8. The maximum Gasteiger partial charge on any atom is 0.278 e. The summed E-state index contributed by atoms with van der Waals surface area (Å²) in [7, 11) is 2.04. The van der Waals surface area contributed by atoms with Crippen LogP contribution in [0.4, 0.5) is 0 Å². The molecule has 0 aliphatic carbocycles. The zero-order chi connectivity index (χ0) is 19.7. The Morgan fingerprint density at radius 1 is 0.966 bits per heavy atom. The first-order chi connectivity index (χ1) is 14.2. The average molecular weight is 376 g/mol. The van der Waals surface area contributed by atoms with Crippen LogP contribution < -0.4 is 0 Å². The predicted octanol–water partition coefficient (Wildman–Crippen LogP) is 4.93. The molecule has 5 aromatic rings. The van der Waals surface area contributed by atoms with E-state index in [9.17, 15) is 10.1 Å². The molecule has 3 aromatic carbocycles. The summed E-state index contributed by atoms with van der Waals surface area (Å²) >= 11 is 0. The number of aromatic nitrogens is 2. The third kappa shape index (κ3) is 1.88. The number of aliphatic imine (C=N–C) groups is 1. The molecule has 6 rings (SSSR count). The second-order valence-electron chi connectivity index (χ2n) is 7.45. The van der Waals surface area contributed by atoms with Crippen LogP contribution in [-0.2, 0) is 13.6 Å². The Labute approximate surface area is 166 Å². The highest BCUT2D eigenvalue weighted by molar-refractivity contribution is 6.36. The van der Waals surface area contributed by atoms with Gasteiger partial charge in [-0.1, -0.05) is 36.4 Å². The van der Waals surface area contributed by atoms with E-state index in [1.807, 2.05) is 31.3 Å². The zero-order valence-corrected chi connectivity index (χ0v) is 15.8. The monoisotopic (exact) mass is 376 g/mol. The first-order valence-corrected chi connectivity index (χ1v) is 9.61. The molecule has 138 valence electrons. The largest absolute Gasteiger partial charge is 0.342 e. The lowest BCUT2D eigenvalue weighted by Crippen LogP contribution is -2.01. The molecule has 0 fully saturated rings. The Hall–Kier alpha value is -3.91. The molecule has 1 aliphatic heterocycles. The molecule has 0 atom stereocenters. The van der Waals surface area contributed by atoms with E-state index in [0.717, 1.165) is 49.2 Å². The lowest BCUT2D eigenvalue weighted by atomic mass is 9.97. The average Bonchev–Trinajstić information content (AvgIpc) is 3.38. The third-order valence-corrected chi connectivity index (χ3v) is 6.06. The lowest BCUT2D eigenvalue weighted by Gasteiger charge is -2.10. The van der Waals surface area contributed by atoms with Gasteiger partial charge in [-0.05, 0) is 12.1 Å². The van der Waals surface area contributed by atoms with E-state index in [4.69, 9.17) is 0 Å². The number of hydrogen-bond donors (Lipinski definition) is 0. The smallest absolute Gasteiger partial charge is 0.278 e. The van der Waals surface area contributed by atoms with Crippen molar-refractivity contribution in [1.82, 2.24) is 9.13 Å². The van der Waals surface area contributed by atoms with Crippen LogP contribution >= 0.6 is 0 Å². The summed E-state index contributed by atoms with van der Waals surface area (Å²) in [5.41, 5.74) is 5.82. The minimum atomic E-state index is -0.183. The first-order valence-electron chi connectivity index (χ1n) is 9.61. The molecule has 0 radical (unpaired) electrons. The quantitative estimate of drug-likeness (QED) is 0.439. The number of carbonyl (C=O) groups is 1. The highest BCUT2D eigenvalue weighted by atomic mass is 16.1. The van der Waals surface area contributed by atoms with Gasteiger partial charge in [-0.15, -0.1) is 0 Å². The Morgan fingerprint density at radius 3 is 2.41 bits per heavy atom. The van der Waals surface area contributed by atoms with Gasteiger partial charge >= 0.3 is 0 Å². The van der Waals surface area contributed by atoms with Gasteiger partial charge in [0, 0.05) is 57.9 Å². The molecule has 5 nitrogen and oxygen atoms in total. The fourth-order valence-electron chi connectivity index (χ4n) is 4.94. The molecule has 29 heavy (non-hydrogen) atoms. The Balaban J connectivity index is 2.00. The summed E-state index contributed by atoms with van der Waals surface area (Å²) in [6.07, 6.45) is 2.13. The van der Waals surface area contributed by atoms with E-state index in [0.29, 0.717) is 18.5 Å². The van der Waals surface area contributed by atoms with E-state index < -0.39 is 0 Å². The van der Waals surface area contributed by atoms with Crippen molar-refractivity contribution in [1.29, 1.82) is 5.26 Å². The van der Waals surface area contributed by atoms with Crippen LogP contribution in [0.25, 0.3) is 43.6 Å². The van der Waals surface area contributed by atoms with Crippen molar-refractivity contribution < 1.29 is 4.79 Å². The van der Waals surface area contributed by atoms with Crippen LogP contribution in [0.3, 0.4) is 0 Å². The van der Waals surface area contributed by atoms with Crippen LogP contribution in [-0.4, -0.2) is 21.3 Å². The van der Waals surface area contributed by atoms with Gasteiger partial charge in [-0.25, -0.2) is 4.99 Å². The van der Waals surface area contributed by atoms with Crippen molar-refractivity contribution in [2.45, 2.75) is 13.0 Å². The van der Waals surface area contributed by atoms with E-state index in [1.54, 1.807) is 6.21 Å². The van der Waals surface area contributed by atoms with Crippen molar-refractivity contribution in [3.63, 3.8) is 0 Å². The molecule has 0 saturated heterocycles. The SMILES string of the molecule is Cn1c2ccccc2c2c3c(c4c5ccccc5n(CCC#N)c4c21)C=NC3=O. The number of nitrogens with zero attached hydrogens (tertiary/aromatic N) is 4. The minimum Gasteiger partial charge on any atom is -0.342 e. The summed E-state index contributed by atoms with van der Waals surface area (Å²) in [5.74, 6) is -0.183. The molecule has 0 N–H and O–H groups in total. The number of amides is 1. The van der Waals surface area contributed by atoms with Crippen molar-refractivity contribution in [3.8, 4) is 6.07 Å². The molecular formula is C24H16N4O. The van der Waals surface area contributed by atoms with Gasteiger partial charge in [0.15, 0.2) is 0 Å². The molecule has 2 aromatic heterocycles. The van der Waals surface area contributed by atoms with Gasteiger partial charge in [-0.3, -0.25) is 4.79 Å². The van der Waals surface area contributed by atoms with Crippen molar-refractivity contribution in [3.05, 3.63) is 59.7 Å². The molecule has 1 aliphatic rings. The number of aryl methyl sites for hydroxylation is 2. The second-order valence-corrected chi connectivity index (χ2v) is 7.45. The highest BCUT2D eigenvalue weighted by Crippen LogP contribution is 2.44. The van der Waals surface area contributed by atoms with Gasteiger partial charge in [0.05, 0.1) is 29.1 Å². The summed E-state index contributed by atoms with van der Waals surface area (Å²) in [6.45, 7) is 0.598. The first kappa shape index (κ1) is 16.1. The van der Waals surface area contributed by atoms with Crippen LogP contribution in [0.1, 0.15) is 22.3 Å². The number of fused-ring (bicyclic) bond motifs is 10. The molecule has 5 heteroatoms. The summed E-state index contributed by atoms with van der Waals surface area (Å²) < 4.78 is 4.40. The van der Waals surface area contributed by atoms with Gasteiger partial charge in [0.25, 0.3) is 5.91 Å². The fraction of sp³-hybridized carbons (Fsp3) is 0.125. The molecule has 0 bridgehead atoms. The van der Waals surface area contributed by atoms with Crippen LogP contribution in [0.5, 0.6) is 0 Å². The Bertz CT molecular complexity index is 1590. The minimum absolute atomic E-state index is 0.183. The van der Waals surface area contributed by atoms with E-state index in [1.165, 1.54) is 0 Å². The molecular weight excluding hydrogens is 360 g/mol. The number of para-hydroxylation sites is 2. The second kappa shape index (κ2) is 5.55. The third-order valence-electron chi connectivity index (χ3n) is 6.06. The van der Waals surface area contributed by atoms with E-state index >= 15 is 0 Å². The van der Waals surface area contributed by atoms with Gasteiger partial charge in [0.2, 0.25) is 0 Å². The maximum atomic E-state index is 12.8. The Kier molecular flexibility index (Phi) is 3.08. The molecule has 0 spiro atoms. The molecule has 0 saturated carbocycles. The van der Waals surface area contributed by atoms with Crippen LogP contribution in [0.15, 0.2) is 53.5 Å². The lowest BCUT2D eigenvalue weighted by molar-refractivity contribution is 0.101. The summed E-state index contributed by atoms with van der Waals surface area (Å²) in [5, 5.41) is 13.4. The van der Waals surface area contributed by atoms with Gasteiger partial charge in [-0.2, -0.15) is 5.26 Å². The number of benzene rings is 3. The van der Waals surface area contributed by atoms with Crippen LogP contribution in [0.2, 0.25) is 0 Å². The van der Waals surface area contributed by atoms with Gasteiger partial charge in [0.1, 0.15) is 0 Å². The predicted molar refractivity (Wildman–Crippen MR) is 116 cm³/mol. The van der Waals surface area contributed by atoms with Crippen molar-refractivity contribution >= 4 is 55.7 Å².